The fourth-order valence-corrected chi connectivity index (χ4v) is 4.61. The molecule has 3 rings (SSSR count). The van der Waals surface area contributed by atoms with Crippen LogP contribution >= 0.6 is 0 Å². The Balaban J connectivity index is 1.85. The van der Waals surface area contributed by atoms with E-state index < -0.39 is 14.1 Å². The molecular formula is C16H23NO2Si. The average Bonchev–Trinajstić information content (AvgIpc) is 2.79. The quantitative estimate of drug-likeness (QED) is 0.782. The van der Waals surface area contributed by atoms with Crippen molar-refractivity contribution in [3.05, 3.63) is 35.9 Å². The fraction of sp³-hybridized carbons (Fsp3) is 0.562. The highest BCUT2D eigenvalue weighted by Crippen LogP contribution is 2.46. The minimum Gasteiger partial charge on any atom is -0.380 e. The third-order valence-electron chi connectivity index (χ3n) is 4.04. The van der Waals surface area contributed by atoms with Gasteiger partial charge >= 0.3 is 0 Å². The molecule has 108 valence electrons. The van der Waals surface area contributed by atoms with Gasteiger partial charge < -0.3 is 9.26 Å². The van der Waals surface area contributed by atoms with Crippen molar-refractivity contribution < 1.29 is 9.26 Å². The minimum absolute atomic E-state index is 0.442. The number of rotatable bonds is 3. The first-order valence-corrected chi connectivity index (χ1v) is 10.9. The number of nitrogens with zero attached hydrogens (tertiary/aromatic N) is 1. The number of hydrogen-bond donors (Lipinski definition) is 0. The fourth-order valence-electron chi connectivity index (χ4n) is 3.27. The average molecular weight is 289 g/mol. The summed E-state index contributed by atoms with van der Waals surface area (Å²) in [4.78, 5) is 5.93. The lowest BCUT2D eigenvalue weighted by Crippen LogP contribution is -2.49. The zero-order chi connectivity index (χ0) is 14.2. The maximum atomic E-state index is 6.38. The Morgan fingerprint density at radius 3 is 2.70 bits per heavy atom. The molecule has 2 aliphatic rings. The lowest BCUT2D eigenvalue weighted by Gasteiger charge is -2.40. The number of hydrogen-bond acceptors (Lipinski definition) is 3. The molecule has 2 unspecified atom stereocenters. The van der Waals surface area contributed by atoms with Gasteiger partial charge in [-0.3, -0.25) is 0 Å². The summed E-state index contributed by atoms with van der Waals surface area (Å²) >= 11 is 0. The van der Waals surface area contributed by atoms with Crippen molar-refractivity contribution in [2.45, 2.75) is 51.1 Å². The molecule has 1 aliphatic heterocycles. The van der Waals surface area contributed by atoms with E-state index in [-0.39, 0.29) is 0 Å². The molecule has 0 N–H and O–H groups in total. The first-order valence-electron chi connectivity index (χ1n) is 7.49. The second-order valence-corrected chi connectivity index (χ2v) is 11.2. The van der Waals surface area contributed by atoms with E-state index in [4.69, 9.17) is 9.26 Å². The molecule has 1 aromatic carbocycles. The van der Waals surface area contributed by atoms with Gasteiger partial charge in [0.05, 0.1) is 5.71 Å². The Bertz CT molecular complexity index is 509. The lowest BCUT2D eigenvalue weighted by atomic mass is 9.92. The second kappa shape index (κ2) is 5.01. The van der Waals surface area contributed by atoms with Crippen LogP contribution in [0, 0.1) is 5.92 Å². The zero-order valence-electron chi connectivity index (χ0n) is 12.6. The normalized spacial score (nSPS) is 29.6. The Hall–Kier alpha value is -1.13. The molecule has 0 saturated heterocycles. The first-order chi connectivity index (χ1) is 9.49. The molecule has 2 atom stereocenters. The molecule has 0 bridgehead atoms. The minimum atomic E-state index is -1.64. The van der Waals surface area contributed by atoms with E-state index in [2.05, 4.69) is 36.9 Å². The molecule has 1 aliphatic carbocycles. The predicted octanol–water partition coefficient (Wildman–Crippen LogP) is 4.16. The van der Waals surface area contributed by atoms with E-state index >= 15 is 0 Å². The van der Waals surface area contributed by atoms with Crippen molar-refractivity contribution in [2.24, 2.45) is 11.1 Å². The first kappa shape index (κ1) is 13.8. The van der Waals surface area contributed by atoms with Gasteiger partial charge in [0.15, 0.2) is 8.32 Å². The summed E-state index contributed by atoms with van der Waals surface area (Å²) in [6.07, 6.45) is 4.30. The molecule has 20 heavy (non-hydrogen) atoms. The van der Waals surface area contributed by atoms with Gasteiger partial charge in [0, 0.05) is 18.8 Å². The van der Waals surface area contributed by atoms with Crippen LogP contribution in [0.2, 0.25) is 19.6 Å². The summed E-state index contributed by atoms with van der Waals surface area (Å²) in [7, 11) is -1.64. The van der Waals surface area contributed by atoms with Crippen LogP contribution in [0.25, 0.3) is 0 Å². The standard InChI is InChI=1S/C16H23NO2Si/c1-20(2,3)19-16-11-7-10-14(16)12-15(17-18-16)13-8-5-4-6-9-13/h4-6,8-9,14H,7,10-12H2,1-3H3. The SMILES string of the molecule is C[Si](C)(C)OC12CCCC1CC(c1ccccc1)=NO2. The van der Waals surface area contributed by atoms with Crippen LogP contribution in [-0.4, -0.2) is 19.8 Å². The maximum absolute atomic E-state index is 6.38. The van der Waals surface area contributed by atoms with Gasteiger partial charge in [-0.05, 0) is 38.0 Å². The Morgan fingerprint density at radius 1 is 1.25 bits per heavy atom. The van der Waals surface area contributed by atoms with Crippen LogP contribution in [0.3, 0.4) is 0 Å². The predicted molar refractivity (Wildman–Crippen MR) is 83.2 cm³/mol. The van der Waals surface area contributed by atoms with E-state index in [1.54, 1.807) is 0 Å². The Labute approximate surface area is 122 Å². The monoisotopic (exact) mass is 289 g/mol. The smallest absolute Gasteiger partial charge is 0.231 e. The van der Waals surface area contributed by atoms with Gasteiger partial charge in [-0.1, -0.05) is 35.5 Å². The molecule has 1 fully saturated rings. The van der Waals surface area contributed by atoms with Gasteiger partial charge in [-0.2, -0.15) is 0 Å². The zero-order valence-corrected chi connectivity index (χ0v) is 13.6. The molecule has 0 aromatic heterocycles. The van der Waals surface area contributed by atoms with Crippen LogP contribution in [0.1, 0.15) is 31.2 Å². The molecule has 1 aromatic rings. The number of fused-ring (bicyclic) bond motifs is 1. The number of benzene rings is 1. The summed E-state index contributed by atoms with van der Waals surface area (Å²) in [5.74, 6) is 0.00452. The molecule has 3 nitrogen and oxygen atoms in total. The van der Waals surface area contributed by atoms with E-state index in [0.29, 0.717) is 5.92 Å². The van der Waals surface area contributed by atoms with Crippen LogP contribution in [0.15, 0.2) is 35.5 Å². The molecule has 1 heterocycles. The van der Waals surface area contributed by atoms with Crippen molar-refractivity contribution in [1.29, 1.82) is 0 Å². The number of oxime groups is 1. The van der Waals surface area contributed by atoms with E-state index in [0.717, 1.165) is 18.6 Å². The summed E-state index contributed by atoms with van der Waals surface area (Å²) < 4.78 is 6.38. The van der Waals surface area contributed by atoms with Crippen LogP contribution in [0.4, 0.5) is 0 Å². The third-order valence-corrected chi connectivity index (χ3v) is 4.99. The van der Waals surface area contributed by atoms with Crippen LogP contribution in [0.5, 0.6) is 0 Å². The lowest BCUT2D eigenvalue weighted by molar-refractivity contribution is -0.216. The molecule has 4 heteroatoms. The third kappa shape index (κ3) is 2.67. The van der Waals surface area contributed by atoms with Crippen molar-refractivity contribution >= 4 is 14.0 Å². The van der Waals surface area contributed by atoms with Crippen LogP contribution < -0.4 is 0 Å². The van der Waals surface area contributed by atoms with Gasteiger partial charge in [0.25, 0.3) is 0 Å². The molecule has 0 amide bonds. The summed E-state index contributed by atoms with van der Waals surface area (Å²) in [5, 5.41) is 4.41. The summed E-state index contributed by atoms with van der Waals surface area (Å²) in [6, 6.07) is 10.3. The van der Waals surface area contributed by atoms with Crippen LogP contribution in [-0.2, 0) is 9.26 Å². The van der Waals surface area contributed by atoms with Gasteiger partial charge in [0.2, 0.25) is 5.79 Å². The largest absolute Gasteiger partial charge is 0.380 e. The molecule has 0 spiro atoms. The molecule has 0 radical (unpaired) electrons. The van der Waals surface area contributed by atoms with E-state index in [1.807, 2.05) is 18.2 Å². The molecule has 1 saturated carbocycles. The van der Waals surface area contributed by atoms with Crippen molar-refractivity contribution in [3.8, 4) is 0 Å². The topological polar surface area (TPSA) is 30.8 Å². The summed E-state index contributed by atoms with van der Waals surface area (Å²) in [5.41, 5.74) is 2.23. The van der Waals surface area contributed by atoms with Gasteiger partial charge in [0.1, 0.15) is 0 Å². The van der Waals surface area contributed by atoms with Crippen molar-refractivity contribution in [2.75, 3.05) is 0 Å². The highest BCUT2D eigenvalue weighted by atomic mass is 28.4. The molecular weight excluding hydrogens is 266 g/mol. The Kier molecular flexibility index (Phi) is 3.46. The second-order valence-electron chi connectivity index (χ2n) is 6.81. The van der Waals surface area contributed by atoms with E-state index in [1.165, 1.54) is 18.4 Å². The van der Waals surface area contributed by atoms with Gasteiger partial charge in [-0.15, -0.1) is 0 Å². The van der Waals surface area contributed by atoms with Gasteiger partial charge in [-0.25, -0.2) is 0 Å². The van der Waals surface area contributed by atoms with Crippen molar-refractivity contribution in [3.63, 3.8) is 0 Å². The highest BCUT2D eigenvalue weighted by Gasteiger charge is 2.51. The van der Waals surface area contributed by atoms with Crippen molar-refractivity contribution in [1.82, 2.24) is 0 Å². The Morgan fingerprint density at radius 2 is 2.00 bits per heavy atom. The van der Waals surface area contributed by atoms with E-state index in [9.17, 15) is 0 Å². The maximum Gasteiger partial charge on any atom is 0.231 e. The highest BCUT2D eigenvalue weighted by molar-refractivity contribution is 6.69. The summed E-state index contributed by atoms with van der Waals surface area (Å²) in [6.45, 7) is 6.66.